The number of carboxylic acid groups (broad SMARTS) is 1. The molecule has 5 nitrogen and oxygen atoms in total. The Kier molecular flexibility index (Phi) is 8.59. The molecule has 0 saturated heterocycles. The number of hydrogen-bond acceptors (Lipinski definition) is 3. The molecule has 0 aliphatic carbocycles. The number of fused-ring (bicyclic) bond motifs is 1. The number of nitrogens with zero attached hydrogens (tertiary/aromatic N) is 1. The van der Waals surface area contributed by atoms with Crippen molar-refractivity contribution in [2.45, 2.75) is 25.8 Å². The average Bonchev–Trinajstić information content (AvgIpc) is 2.88. The van der Waals surface area contributed by atoms with Crippen LogP contribution in [0.3, 0.4) is 0 Å². The minimum absolute atomic E-state index is 0.0341. The van der Waals surface area contributed by atoms with Crippen LogP contribution in [0.5, 0.6) is 0 Å². The number of aromatic carboxylic acids is 1. The van der Waals surface area contributed by atoms with Crippen molar-refractivity contribution in [3.05, 3.63) is 117 Å². The van der Waals surface area contributed by atoms with E-state index in [9.17, 15) is 14.7 Å². The van der Waals surface area contributed by atoms with Gasteiger partial charge in [0, 0.05) is 24.4 Å². The number of carbonyl (C=O) groups excluding carboxylic acids is 1. The number of amides is 1. The molecule has 4 aromatic rings. The van der Waals surface area contributed by atoms with Gasteiger partial charge in [-0.1, -0.05) is 77.8 Å². The number of carboxylic acids is 1. The van der Waals surface area contributed by atoms with Crippen LogP contribution in [0.2, 0.25) is 10.0 Å². The van der Waals surface area contributed by atoms with Gasteiger partial charge in [-0.15, -0.1) is 0 Å². The molecule has 0 unspecified atom stereocenters. The van der Waals surface area contributed by atoms with Crippen molar-refractivity contribution < 1.29 is 14.7 Å². The maximum atomic E-state index is 12.8. The van der Waals surface area contributed by atoms with Gasteiger partial charge in [0.25, 0.3) is 0 Å². The lowest BCUT2D eigenvalue weighted by molar-refractivity contribution is -0.121. The minimum atomic E-state index is -1.08. The summed E-state index contributed by atoms with van der Waals surface area (Å²) in [5.74, 6) is -1.34. The van der Waals surface area contributed by atoms with Crippen LogP contribution < -0.4 is 5.32 Å². The Hall–Kier alpha value is -3.67. The molecule has 2 atom stereocenters. The Labute approximate surface area is 225 Å². The number of carbonyl (C=O) groups is 2. The van der Waals surface area contributed by atoms with Crippen molar-refractivity contribution in [2.75, 3.05) is 0 Å². The van der Waals surface area contributed by atoms with Crippen molar-refractivity contribution >= 4 is 51.9 Å². The highest BCUT2D eigenvalue weighted by Gasteiger charge is 2.19. The number of rotatable bonds is 9. The van der Waals surface area contributed by atoms with E-state index < -0.39 is 5.97 Å². The van der Waals surface area contributed by atoms with Crippen LogP contribution in [0.1, 0.15) is 34.0 Å². The summed E-state index contributed by atoms with van der Waals surface area (Å²) in [6.45, 7) is 1.96. The first-order valence-corrected chi connectivity index (χ1v) is 12.6. The van der Waals surface area contributed by atoms with Crippen LogP contribution in [0.25, 0.3) is 16.8 Å². The highest BCUT2D eigenvalue weighted by Crippen LogP contribution is 2.26. The molecule has 1 heterocycles. The summed E-state index contributed by atoms with van der Waals surface area (Å²) < 4.78 is 0. The molecule has 3 aromatic carbocycles. The van der Waals surface area contributed by atoms with Gasteiger partial charge in [0.2, 0.25) is 5.91 Å². The van der Waals surface area contributed by atoms with Gasteiger partial charge < -0.3 is 10.4 Å². The van der Waals surface area contributed by atoms with Crippen LogP contribution in [0.15, 0.2) is 85.2 Å². The zero-order chi connectivity index (χ0) is 26.4. The first-order valence-electron chi connectivity index (χ1n) is 11.9. The molecule has 37 heavy (non-hydrogen) atoms. The summed E-state index contributed by atoms with van der Waals surface area (Å²) in [6.07, 6.45) is 7.60. The van der Waals surface area contributed by atoms with Gasteiger partial charge in [-0.25, -0.2) is 4.79 Å². The maximum Gasteiger partial charge on any atom is 0.337 e. The summed E-state index contributed by atoms with van der Waals surface area (Å²) in [5, 5.41) is 15.6. The van der Waals surface area contributed by atoms with E-state index in [1.165, 1.54) is 23.8 Å². The second-order valence-electron chi connectivity index (χ2n) is 9.00. The molecule has 1 aromatic heterocycles. The number of halogens is 2. The van der Waals surface area contributed by atoms with Gasteiger partial charge in [0.05, 0.1) is 22.0 Å². The van der Waals surface area contributed by atoms with E-state index in [1.54, 1.807) is 6.07 Å². The second kappa shape index (κ2) is 12.0. The fraction of sp³-hybridized carbons (Fsp3) is 0.167. The third-order valence-electron chi connectivity index (χ3n) is 6.20. The zero-order valence-electron chi connectivity index (χ0n) is 20.2. The van der Waals surface area contributed by atoms with Gasteiger partial charge in [0.15, 0.2) is 0 Å². The largest absolute Gasteiger partial charge is 0.478 e. The third kappa shape index (κ3) is 7.19. The van der Waals surface area contributed by atoms with Crippen LogP contribution >= 0.6 is 23.2 Å². The monoisotopic (exact) mass is 532 g/mol. The highest BCUT2D eigenvalue weighted by atomic mass is 35.5. The van der Waals surface area contributed by atoms with E-state index in [1.807, 2.05) is 31.2 Å². The third-order valence-corrected chi connectivity index (χ3v) is 6.94. The Bertz CT molecular complexity index is 1470. The van der Waals surface area contributed by atoms with Crippen LogP contribution in [-0.2, 0) is 17.6 Å². The molecular formula is C30H26Cl2N2O3. The molecule has 0 radical (unpaired) electrons. The molecule has 0 spiro atoms. The summed E-state index contributed by atoms with van der Waals surface area (Å²) in [5.41, 5.74) is 2.65. The summed E-state index contributed by atoms with van der Waals surface area (Å²) in [6, 6.07) is 21.3. The lowest BCUT2D eigenvalue weighted by atomic mass is 9.91. The van der Waals surface area contributed by atoms with Gasteiger partial charge in [0.1, 0.15) is 0 Å². The Balaban J connectivity index is 1.53. The van der Waals surface area contributed by atoms with Crippen molar-refractivity contribution in [1.82, 2.24) is 10.3 Å². The van der Waals surface area contributed by atoms with Gasteiger partial charge in [-0.05, 0) is 65.1 Å². The first-order chi connectivity index (χ1) is 17.8. The van der Waals surface area contributed by atoms with E-state index in [-0.39, 0.29) is 29.9 Å². The van der Waals surface area contributed by atoms with Crippen LogP contribution in [0, 0.1) is 5.92 Å². The topological polar surface area (TPSA) is 79.3 Å². The predicted molar refractivity (Wildman–Crippen MR) is 149 cm³/mol. The van der Waals surface area contributed by atoms with E-state index in [2.05, 4.69) is 52.8 Å². The maximum absolute atomic E-state index is 12.8. The standard InChI is InChI=1S/C30H26Cl2N2O3/c1-19(34-29(35)16-22-14-26(30(36)37)18-33-17-22)24(13-21-8-11-27(31)28(32)15-21)10-7-20-6-9-23-4-2-3-5-25(23)12-20/h2-12,14-15,17-19,24H,13,16H2,1H3,(H,34,35)(H,36,37)/b10-7+/t19-,24+/m0/s1. The van der Waals surface area contributed by atoms with Gasteiger partial charge >= 0.3 is 5.97 Å². The van der Waals surface area contributed by atoms with Crippen molar-refractivity contribution in [3.63, 3.8) is 0 Å². The highest BCUT2D eigenvalue weighted by molar-refractivity contribution is 6.42. The Morgan fingerprint density at radius 2 is 1.73 bits per heavy atom. The molecule has 0 bridgehead atoms. The minimum Gasteiger partial charge on any atom is -0.478 e. The first kappa shape index (κ1) is 26.4. The molecule has 0 aliphatic heterocycles. The van der Waals surface area contributed by atoms with Gasteiger partial charge in [-0.3, -0.25) is 9.78 Å². The molecule has 4 rings (SSSR count). The molecule has 1 amide bonds. The Morgan fingerprint density at radius 1 is 0.946 bits per heavy atom. The number of aromatic nitrogens is 1. The van der Waals surface area contributed by atoms with E-state index in [0.717, 1.165) is 16.5 Å². The lowest BCUT2D eigenvalue weighted by Crippen LogP contribution is -2.39. The number of hydrogen-bond donors (Lipinski definition) is 2. The van der Waals surface area contributed by atoms with Crippen molar-refractivity contribution in [1.29, 1.82) is 0 Å². The zero-order valence-corrected chi connectivity index (χ0v) is 21.7. The van der Waals surface area contributed by atoms with Gasteiger partial charge in [-0.2, -0.15) is 0 Å². The molecule has 0 aliphatic rings. The number of benzene rings is 3. The quantitative estimate of drug-likeness (QED) is 0.246. The molecule has 2 N–H and O–H groups in total. The molecule has 0 fully saturated rings. The van der Waals surface area contributed by atoms with Crippen LogP contribution in [-0.4, -0.2) is 28.0 Å². The molecule has 7 heteroatoms. The SMILES string of the molecule is C[C@H](NC(=O)Cc1cncc(C(=O)O)c1)[C@H](/C=C/c1ccc2ccccc2c1)Cc1ccc(Cl)c(Cl)c1. The lowest BCUT2D eigenvalue weighted by Gasteiger charge is -2.23. The summed E-state index contributed by atoms with van der Waals surface area (Å²) >= 11 is 12.3. The second-order valence-corrected chi connectivity index (χ2v) is 9.82. The normalized spacial score (nSPS) is 12.9. The predicted octanol–water partition coefficient (Wildman–Crippen LogP) is 6.86. The molecular weight excluding hydrogens is 507 g/mol. The van der Waals surface area contributed by atoms with E-state index >= 15 is 0 Å². The number of nitrogens with one attached hydrogen (secondary N) is 1. The smallest absolute Gasteiger partial charge is 0.337 e. The summed E-state index contributed by atoms with van der Waals surface area (Å²) in [4.78, 5) is 28.0. The van der Waals surface area contributed by atoms with E-state index in [4.69, 9.17) is 23.2 Å². The fourth-order valence-electron chi connectivity index (χ4n) is 4.20. The molecule has 188 valence electrons. The van der Waals surface area contributed by atoms with Crippen LogP contribution in [0.4, 0.5) is 0 Å². The fourth-order valence-corrected chi connectivity index (χ4v) is 4.52. The Morgan fingerprint density at radius 3 is 2.49 bits per heavy atom. The van der Waals surface area contributed by atoms with Crippen molar-refractivity contribution in [2.24, 2.45) is 5.92 Å². The van der Waals surface area contributed by atoms with E-state index in [0.29, 0.717) is 22.0 Å². The number of pyridine rings is 1. The molecule has 0 saturated carbocycles. The summed E-state index contributed by atoms with van der Waals surface area (Å²) in [7, 11) is 0. The van der Waals surface area contributed by atoms with Crippen molar-refractivity contribution in [3.8, 4) is 0 Å². The average molecular weight is 533 g/mol.